The van der Waals surface area contributed by atoms with Gasteiger partial charge in [-0.15, -0.1) is 12.4 Å². The van der Waals surface area contributed by atoms with E-state index in [0.717, 1.165) is 5.56 Å². The third-order valence-corrected chi connectivity index (χ3v) is 2.33. The van der Waals surface area contributed by atoms with Crippen molar-refractivity contribution in [3.8, 4) is 0 Å². The van der Waals surface area contributed by atoms with E-state index in [1.807, 2.05) is 0 Å². The van der Waals surface area contributed by atoms with Crippen molar-refractivity contribution in [2.75, 3.05) is 26.3 Å². The monoisotopic (exact) mass is 299 g/mol. The summed E-state index contributed by atoms with van der Waals surface area (Å²) >= 11 is 0. The number of benzene rings is 1. The van der Waals surface area contributed by atoms with Crippen LogP contribution in [-0.2, 0) is 11.3 Å². The number of halogens is 1. The summed E-state index contributed by atoms with van der Waals surface area (Å²) in [6.45, 7) is 2.13. The Morgan fingerprint density at radius 1 is 1.35 bits per heavy atom. The Kier molecular flexibility index (Phi) is 10.1. The quantitative estimate of drug-likeness (QED) is 0.329. The molecule has 0 aliphatic carbocycles. The van der Waals surface area contributed by atoms with Crippen molar-refractivity contribution in [3.05, 3.63) is 45.8 Å². The summed E-state index contributed by atoms with van der Waals surface area (Å²) < 4.78 is 5.15. The van der Waals surface area contributed by atoms with Gasteiger partial charge in [0.2, 0.25) is 0 Å². The number of amides is 1. The fourth-order valence-corrected chi connectivity index (χ4v) is 1.40. The zero-order valence-corrected chi connectivity index (χ0v) is 11.8. The molecular weight excluding hydrogens is 282 g/mol. The van der Waals surface area contributed by atoms with Gasteiger partial charge in [0.1, 0.15) is 0 Å². The van der Waals surface area contributed by atoms with Crippen LogP contribution in [0.3, 0.4) is 0 Å². The topological polar surface area (TPSA) is 113 Å². The van der Waals surface area contributed by atoms with Gasteiger partial charge in [0.25, 0.3) is 5.91 Å². The van der Waals surface area contributed by atoms with Crippen LogP contribution in [0.15, 0.2) is 29.4 Å². The minimum Gasteiger partial charge on any atom is -0.378 e. The molecule has 1 aromatic rings. The predicted octanol–water partition coefficient (Wildman–Crippen LogP) is 1.62. The third kappa shape index (κ3) is 6.96. The second kappa shape index (κ2) is 11.1. The second-order valence-electron chi connectivity index (χ2n) is 3.74. The summed E-state index contributed by atoms with van der Waals surface area (Å²) in [4.78, 5) is 14.4. The van der Waals surface area contributed by atoms with Gasteiger partial charge in [-0.3, -0.25) is 4.79 Å². The number of carbonyl (C=O) groups excluding carboxylic acids is 1. The molecule has 110 valence electrons. The van der Waals surface area contributed by atoms with Crippen LogP contribution in [0.5, 0.6) is 0 Å². The first kappa shape index (κ1) is 18.2. The van der Waals surface area contributed by atoms with Crippen LogP contribution in [0.25, 0.3) is 10.4 Å². The lowest BCUT2D eigenvalue weighted by molar-refractivity contribution is 0.0920. The average Bonchev–Trinajstić information content (AvgIpc) is 2.45. The maximum absolute atomic E-state index is 11.7. The number of hydrogen-bond donors (Lipinski definition) is 2. The average molecular weight is 300 g/mol. The van der Waals surface area contributed by atoms with Crippen LogP contribution in [-0.4, -0.2) is 32.2 Å². The van der Waals surface area contributed by atoms with Gasteiger partial charge in [-0.05, 0) is 23.2 Å². The number of nitrogens with two attached hydrogens (primary N) is 1. The first-order valence-electron chi connectivity index (χ1n) is 5.93. The molecule has 3 N–H and O–H groups in total. The lowest BCUT2D eigenvalue weighted by Crippen LogP contribution is -2.27. The molecule has 0 bridgehead atoms. The molecule has 0 aliphatic heterocycles. The molecule has 0 unspecified atom stereocenters. The van der Waals surface area contributed by atoms with E-state index in [1.54, 1.807) is 24.3 Å². The molecule has 20 heavy (non-hydrogen) atoms. The van der Waals surface area contributed by atoms with Gasteiger partial charge in [-0.25, -0.2) is 0 Å². The van der Waals surface area contributed by atoms with Crippen LogP contribution >= 0.6 is 12.4 Å². The number of nitrogens with one attached hydrogen (secondary N) is 1. The minimum atomic E-state index is -0.160. The van der Waals surface area contributed by atoms with E-state index >= 15 is 0 Å². The standard InChI is InChI=1S/C12H17N5O2.ClH/c13-5-7-19-8-6-15-12(18)11-3-1-10(2-4-11)9-16-17-14;/h1-4H,5-9,13H2,(H,15,18);1H. The van der Waals surface area contributed by atoms with Crippen molar-refractivity contribution >= 4 is 18.3 Å². The van der Waals surface area contributed by atoms with Crippen LogP contribution in [0.4, 0.5) is 0 Å². The van der Waals surface area contributed by atoms with E-state index in [-0.39, 0.29) is 24.9 Å². The molecule has 1 amide bonds. The van der Waals surface area contributed by atoms with Crippen molar-refractivity contribution in [2.45, 2.75) is 6.54 Å². The summed E-state index contributed by atoms with van der Waals surface area (Å²) in [6.07, 6.45) is 0. The van der Waals surface area contributed by atoms with E-state index in [4.69, 9.17) is 16.0 Å². The van der Waals surface area contributed by atoms with Gasteiger partial charge in [0.05, 0.1) is 19.8 Å². The molecule has 0 atom stereocenters. The van der Waals surface area contributed by atoms with Gasteiger partial charge in [0.15, 0.2) is 0 Å². The highest BCUT2D eigenvalue weighted by Crippen LogP contribution is 2.05. The second-order valence-corrected chi connectivity index (χ2v) is 3.74. The summed E-state index contributed by atoms with van der Waals surface area (Å²) in [6, 6.07) is 6.90. The van der Waals surface area contributed by atoms with Gasteiger partial charge in [0, 0.05) is 23.6 Å². The number of hydrogen-bond acceptors (Lipinski definition) is 4. The van der Waals surface area contributed by atoms with Crippen molar-refractivity contribution in [3.63, 3.8) is 0 Å². The van der Waals surface area contributed by atoms with E-state index in [0.29, 0.717) is 31.9 Å². The fraction of sp³-hybridized carbons (Fsp3) is 0.417. The molecule has 0 saturated carbocycles. The van der Waals surface area contributed by atoms with Crippen LogP contribution in [0, 0.1) is 0 Å². The smallest absolute Gasteiger partial charge is 0.251 e. The molecule has 7 nitrogen and oxygen atoms in total. The summed E-state index contributed by atoms with van der Waals surface area (Å²) in [5.41, 5.74) is 14.9. The first-order chi connectivity index (χ1) is 9.27. The van der Waals surface area contributed by atoms with E-state index in [1.165, 1.54) is 0 Å². The van der Waals surface area contributed by atoms with Crippen LogP contribution in [0.2, 0.25) is 0 Å². The number of rotatable bonds is 8. The molecule has 0 saturated heterocycles. The van der Waals surface area contributed by atoms with Crippen LogP contribution < -0.4 is 11.1 Å². The maximum Gasteiger partial charge on any atom is 0.251 e. The number of carbonyl (C=O) groups is 1. The van der Waals surface area contributed by atoms with Gasteiger partial charge in [-0.1, -0.05) is 17.2 Å². The van der Waals surface area contributed by atoms with E-state index in [9.17, 15) is 4.79 Å². The highest BCUT2D eigenvalue weighted by atomic mass is 35.5. The number of azide groups is 1. The molecule has 0 aromatic heterocycles. The number of nitrogens with zero attached hydrogens (tertiary/aromatic N) is 3. The largest absolute Gasteiger partial charge is 0.378 e. The molecule has 0 spiro atoms. The van der Waals surface area contributed by atoms with Crippen LogP contribution in [0.1, 0.15) is 15.9 Å². The Labute approximate surface area is 123 Å². The molecule has 8 heteroatoms. The van der Waals surface area contributed by atoms with Gasteiger partial charge in [-0.2, -0.15) is 0 Å². The summed E-state index contributed by atoms with van der Waals surface area (Å²) in [7, 11) is 0. The maximum atomic E-state index is 11.7. The Balaban J connectivity index is 0.00000361. The van der Waals surface area contributed by atoms with Crippen molar-refractivity contribution in [1.29, 1.82) is 0 Å². The minimum absolute atomic E-state index is 0. The van der Waals surface area contributed by atoms with E-state index < -0.39 is 0 Å². The highest BCUT2D eigenvalue weighted by Gasteiger charge is 2.04. The van der Waals surface area contributed by atoms with Gasteiger partial charge >= 0.3 is 0 Å². The Morgan fingerprint density at radius 3 is 2.65 bits per heavy atom. The van der Waals surface area contributed by atoms with Crippen molar-refractivity contribution in [2.24, 2.45) is 10.8 Å². The highest BCUT2D eigenvalue weighted by molar-refractivity contribution is 5.94. The fourth-order valence-electron chi connectivity index (χ4n) is 1.40. The Morgan fingerprint density at radius 2 is 2.05 bits per heavy atom. The number of ether oxygens (including phenoxy) is 1. The molecule has 1 aromatic carbocycles. The zero-order valence-electron chi connectivity index (χ0n) is 11.0. The summed E-state index contributed by atoms with van der Waals surface area (Å²) in [5, 5.41) is 6.18. The lowest BCUT2D eigenvalue weighted by Gasteiger charge is -2.06. The molecule has 0 heterocycles. The molecule has 0 radical (unpaired) electrons. The summed E-state index contributed by atoms with van der Waals surface area (Å²) in [5.74, 6) is -0.160. The van der Waals surface area contributed by atoms with Gasteiger partial charge < -0.3 is 15.8 Å². The predicted molar refractivity (Wildman–Crippen MR) is 78.7 cm³/mol. The molecule has 0 aliphatic rings. The molecular formula is C12H18ClN5O2. The normalized spacial score (nSPS) is 9.25. The van der Waals surface area contributed by atoms with Crippen molar-refractivity contribution < 1.29 is 9.53 Å². The van der Waals surface area contributed by atoms with E-state index in [2.05, 4.69) is 15.3 Å². The lowest BCUT2D eigenvalue weighted by atomic mass is 10.1. The zero-order chi connectivity index (χ0) is 13.9. The SMILES string of the molecule is Cl.[N-]=[N+]=NCc1ccc(C(=O)NCCOCCN)cc1. The Bertz CT molecular complexity index is 446. The molecule has 1 rings (SSSR count). The third-order valence-electron chi connectivity index (χ3n) is 2.33. The van der Waals surface area contributed by atoms with Crippen molar-refractivity contribution in [1.82, 2.24) is 5.32 Å². The first-order valence-corrected chi connectivity index (χ1v) is 5.93. The Hall–Kier alpha value is -1.79. The molecule has 0 fully saturated rings.